The van der Waals surface area contributed by atoms with Gasteiger partial charge in [0.2, 0.25) is 5.91 Å². The average molecular weight is 388 g/mol. The Hall–Kier alpha value is -2.40. The average Bonchev–Trinajstić information content (AvgIpc) is 2.99. The van der Waals surface area contributed by atoms with E-state index in [0.29, 0.717) is 23.4 Å². The molecule has 0 unspecified atom stereocenters. The molecule has 1 aromatic rings. The predicted octanol–water partition coefficient (Wildman–Crippen LogP) is 3.21. The summed E-state index contributed by atoms with van der Waals surface area (Å²) >= 11 is 1.32. The van der Waals surface area contributed by atoms with Crippen molar-refractivity contribution in [1.82, 2.24) is 10.2 Å². The summed E-state index contributed by atoms with van der Waals surface area (Å²) in [7, 11) is 0. The fourth-order valence-corrected chi connectivity index (χ4v) is 4.85. The van der Waals surface area contributed by atoms with Gasteiger partial charge in [0.05, 0.1) is 5.56 Å². The Balaban J connectivity index is 1.71. The van der Waals surface area contributed by atoms with Crippen molar-refractivity contribution in [3.05, 3.63) is 16.0 Å². The SMILES string of the molecule is Cc1sc(NC(=O)CN2C(=O)NC3(CCCCCCC3)C2=O)c(C#N)c1C. The first-order valence-electron chi connectivity index (χ1n) is 9.32. The highest BCUT2D eigenvalue weighted by molar-refractivity contribution is 7.16. The summed E-state index contributed by atoms with van der Waals surface area (Å²) in [6, 6.07) is 1.59. The van der Waals surface area contributed by atoms with Crippen LogP contribution in [0.4, 0.5) is 9.80 Å². The van der Waals surface area contributed by atoms with E-state index in [0.717, 1.165) is 47.4 Å². The van der Waals surface area contributed by atoms with Gasteiger partial charge in [0.25, 0.3) is 5.91 Å². The number of carbonyl (C=O) groups excluding carboxylic acids is 3. The lowest BCUT2D eigenvalue weighted by Crippen LogP contribution is -2.47. The van der Waals surface area contributed by atoms with Gasteiger partial charge >= 0.3 is 6.03 Å². The highest BCUT2D eigenvalue weighted by Gasteiger charge is 2.50. The summed E-state index contributed by atoms with van der Waals surface area (Å²) in [5, 5.41) is 15.3. The minimum Gasteiger partial charge on any atom is -0.323 e. The Kier molecular flexibility index (Phi) is 5.51. The summed E-state index contributed by atoms with van der Waals surface area (Å²) in [6.45, 7) is 3.37. The Morgan fingerprint density at radius 1 is 1.22 bits per heavy atom. The lowest BCUT2D eigenvalue weighted by Gasteiger charge is -2.28. The number of nitriles is 1. The highest BCUT2D eigenvalue weighted by atomic mass is 32.1. The molecular formula is C19H24N4O3S. The largest absolute Gasteiger partial charge is 0.325 e. The monoisotopic (exact) mass is 388 g/mol. The molecule has 144 valence electrons. The molecule has 1 saturated carbocycles. The lowest BCUT2D eigenvalue weighted by atomic mass is 9.84. The predicted molar refractivity (Wildman–Crippen MR) is 102 cm³/mol. The number of nitrogens with one attached hydrogen (secondary N) is 2. The number of urea groups is 1. The van der Waals surface area contributed by atoms with E-state index in [-0.39, 0.29) is 12.5 Å². The molecule has 2 fully saturated rings. The molecule has 1 aliphatic carbocycles. The van der Waals surface area contributed by atoms with E-state index in [4.69, 9.17) is 0 Å². The Morgan fingerprint density at radius 2 is 1.85 bits per heavy atom. The summed E-state index contributed by atoms with van der Waals surface area (Å²) < 4.78 is 0. The maximum Gasteiger partial charge on any atom is 0.325 e. The zero-order valence-electron chi connectivity index (χ0n) is 15.7. The molecule has 0 aromatic carbocycles. The molecule has 1 aromatic heterocycles. The van der Waals surface area contributed by atoms with Crippen LogP contribution in [-0.2, 0) is 9.59 Å². The minimum atomic E-state index is -0.855. The molecule has 2 heterocycles. The Morgan fingerprint density at radius 3 is 2.48 bits per heavy atom. The van der Waals surface area contributed by atoms with E-state index < -0.39 is 17.5 Å². The van der Waals surface area contributed by atoms with Gasteiger partial charge < -0.3 is 10.6 Å². The molecular weight excluding hydrogens is 364 g/mol. The van der Waals surface area contributed by atoms with Crippen molar-refractivity contribution in [2.45, 2.75) is 64.3 Å². The van der Waals surface area contributed by atoms with Crippen LogP contribution in [0, 0.1) is 25.2 Å². The van der Waals surface area contributed by atoms with Crippen molar-refractivity contribution in [3.8, 4) is 6.07 Å². The molecule has 8 heteroatoms. The number of aryl methyl sites for hydroxylation is 1. The zero-order chi connectivity index (χ0) is 19.6. The standard InChI is InChI=1S/C19H24N4O3S/c1-12-13(2)27-16(14(12)10-20)21-15(24)11-23-17(25)19(22-18(23)26)8-6-4-3-5-7-9-19/h3-9,11H2,1-2H3,(H,21,24)(H,22,26). The molecule has 1 saturated heterocycles. The van der Waals surface area contributed by atoms with Crippen molar-refractivity contribution in [1.29, 1.82) is 5.26 Å². The van der Waals surface area contributed by atoms with Gasteiger partial charge in [-0.15, -0.1) is 11.3 Å². The van der Waals surface area contributed by atoms with E-state index in [1.54, 1.807) is 0 Å². The fourth-order valence-electron chi connectivity index (χ4n) is 3.83. The molecule has 0 atom stereocenters. The number of carbonyl (C=O) groups is 3. The number of rotatable bonds is 3. The van der Waals surface area contributed by atoms with E-state index in [2.05, 4.69) is 16.7 Å². The third kappa shape index (κ3) is 3.69. The molecule has 27 heavy (non-hydrogen) atoms. The van der Waals surface area contributed by atoms with Crippen LogP contribution in [0.1, 0.15) is 60.9 Å². The normalized spacial score (nSPS) is 19.4. The van der Waals surface area contributed by atoms with Crippen LogP contribution in [-0.4, -0.2) is 34.8 Å². The Bertz CT molecular complexity index is 816. The van der Waals surface area contributed by atoms with Crippen molar-refractivity contribution in [2.24, 2.45) is 0 Å². The number of nitrogens with zero attached hydrogens (tertiary/aromatic N) is 2. The molecule has 3 rings (SSSR count). The Labute approximate surface area is 162 Å². The maximum absolute atomic E-state index is 12.9. The first-order valence-corrected chi connectivity index (χ1v) is 10.1. The van der Waals surface area contributed by atoms with E-state index in [1.807, 2.05) is 13.8 Å². The van der Waals surface area contributed by atoms with Crippen LogP contribution in [0.5, 0.6) is 0 Å². The fraction of sp³-hybridized carbons (Fsp3) is 0.579. The van der Waals surface area contributed by atoms with Gasteiger partial charge in [0, 0.05) is 4.88 Å². The molecule has 1 aliphatic heterocycles. The van der Waals surface area contributed by atoms with Gasteiger partial charge in [-0.1, -0.05) is 32.1 Å². The first kappa shape index (κ1) is 19.4. The smallest absolute Gasteiger partial charge is 0.323 e. The minimum absolute atomic E-state index is 0.302. The van der Waals surface area contributed by atoms with Crippen LogP contribution in [0.2, 0.25) is 0 Å². The van der Waals surface area contributed by atoms with Gasteiger partial charge in [-0.05, 0) is 32.3 Å². The molecule has 1 spiro atoms. The molecule has 2 aliphatic rings. The first-order chi connectivity index (χ1) is 12.9. The number of anilines is 1. The highest BCUT2D eigenvalue weighted by Crippen LogP contribution is 2.33. The second-order valence-corrected chi connectivity index (χ2v) is 8.54. The topological polar surface area (TPSA) is 102 Å². The zero-order valence-corrected chi connectivity index (χ0v) is 16.5. The molecule has 2 N–H and O–H groups in total. The summed E-state index contributed by atoms with van der Waals surface area (Å²) in [5.41, 5.74) is 0.409. The van der Waals surface area contributed by atoms with Crippen molar-refractivity contribution < 1.29 is 14.4 Å². The van der Waals surface area contributed by atoms with Crippen LogP contribution in [0.3, 0.4) is 0 Å². The van der Waals surface area contributed by atoms with Gasteiger partial charge in [-0.25, -0.2) is 4.79 Å². The molecule has 0 bridgehead atoms. The number of amides is 4. The number of imide groups is 1. The third-order valence-electron chi connectivity index (χ3n) is 5.50. The lowest BCUT2D eigenvalue weighted by molar-refractivity contribution is -0.134. The van der Waals surface area contributed by atoms with Crippen molar-refractivity contribution in [2.75, 3.05) is 11.9 Å². The number of hydrogen-bond acceptors (Lipinski definition) is 5. The van der Waals surface area contributed by atoms with Crippen LogP contribution < -0.4 is 10.6 Å². The number of hydrogen-bond donors (Lipinski definition) is 2. The van der Waals surface area contributed by atoms with Gasteiger partial charge in [-0.2, -0.15) is 5.26 Å². The number of thiophene rings is 1. The van der Waals surface area contributed by atoms with E-state index >= 15 is 0 Å². The summed E-state index contributed by atoms with van der Waals surface area (Å²) in [4.78, 5) is 39.7. The van der Waals surface area contributed by atoms with Crippen LogP contribution >= 0.6 is 11.3 Å². The maximum atomic E-state index is 12.9. The van der Waals surface area contributed by atoms with Gasteiger partial charge in [-0.3, -0.25) is 14.5 Å². The van der Waals surface area contributed by atoms with Crippen LogP contribution in [0.25, 0.3) is 0 Å². The second kappa shape index (κ2) is 7.69. The van der Waals surface area contributed by atoms with E-state index in [9.17, 15) is 19.6 Å². The van der Waals surface area contributed by atoms with Crippen molar-refractivity contribution >= 4 is 34.2 Å². The third-order valence-corrected chi connectivity index (χ3v) is 6.63. The van der Waals surface area contributed by atoms with Crippen LogP contribution in [0.15, 0.2) is 0 Å². The summed E-state index contributed by atoms with van der Waals surface area (Å²) in [5.74, 6) is -0.775. The molecule has 4 amide bonds. The van der Waals surface area contributed by atoms with Gasteiger partial charge in [0.15, 0.2) is 0 Å². The molecule has 7 nitrogen and oxygen atoms in total. The quantitative estimate of drug-likeness (QED) is 0.776. The second-order valence-electron chi connectivity index (χ2n) is 7.32. The van der Waals surface area contributed by atoms with Gasteiger partial charge in [0.1, 0.15) is 23.2 Å². The molecule has 0 radical (unpaired) electrons. The van der Waals surface area contributed by atoms with Crippen molar-refractivity contribution in [3.63, 3.8) is 0 Å². The van der Waals surface area contributed by atoms with E-state index in [1.165, 1.54) is 11.3 Å². The summed E-state index contributed by atoms with van der Waals surface area (Å²) in [6.07, 6.45) is 6.30.